The first-order valence-corrected chi connectivity index (χ1v) is 10.5. The number of rotatable bonds is 7. The third-order valence-corrected chi connectivity index (χ3v) is 5.75. The van der Waals surface area contributed by atoms with Gasteiger partial charge in [0.2, 0.25) is 11.7 Å². The quantitative estimate of drug-likeness (QED) is 0.531. The number of nitriles is 1. The largest absolute Gasteiger partial charge is 0.494 e. The lowest BCUT2D eigenvalue weighted by molar-refractivity contribution is 0.0812. The number of aromatic hydroxyl groups is 1. The summed E-state index contributed by atoms with van der Waals surface area (Å²) in [5, 5.41) is 21.0. The molecule has 0 amide bonds. The highest BCUT2D eigenvalue weighted by Crippen LogP contribution is 2.26. The third-order valence-electron chi connectivity index (χ3n) is 5.32. The van der Waals surface area contributed by atoms with E-state index in [1.165, 1.54) is 6.92 Å². The number of hydrogen-bond donors (Lipinski definition) is 1. The Balaban J connectivity index is 1.97. The molecule has 1 N–H and O–H groups in total. The molecular formula is C25H23ClN2O4. The van der Waals surface area contributed by atoms with E-state index in [1.54, 1.807) is 25.1 Å². The predicted molar refractivity (Wildman–Crippen MR) is 123 cm³/mol. The molecule has 0 fully saturated rings. The lowest BCUT2D eigenvalue weighted by Crippen LogP contribution is -2.31. The van der Waals surface area contributed by atoms with Crippen molar-refractivity contribution in [3.05, 3.63) is 91.7 Å². The Kier molecular flexibility index (Phi) is 7.01. The monoisotopic (exact) mass is 450 g/mol. The molecule has 0 aliphatic rings. The molecule has 0 spiro atoms. The number of aryl methyl sites for hydroxylation is 2. The van der Waals surface area contributed by atoms with Crippen molar-refractivity contribution in [3.8, 4) is 17.7 Å². The molecule has 2 aromatic carbocycles. The predicted octanol–water partition coefficient (Wildman–Crippen LogP) is 4.59. The van der Waals surface area contributed by atoms with Gasteiger partial charge in [0.05, 0.1) is 5.56 Å². The second kappa shape index (κ2) is 9.71. The summed E-state index contributed by atoms with van der Waals surface area (Å²) in [6.07, 6.45) is -0.516. The van der Waals surface area contributed by atoms with Crippen LogP contribution in [0.1, 0.15) is 39.5 Å². The zero-order chi connectivity index (χ0) is 23.4. The molecule has 1 heterocycles. The summed E-state index contributed by atoms with van der Waals surface area (Å²) >= 11 is 6.04. The van der Waals surface area contributed by atoms with Crippen LogP contribution in [0.15, 0.2) is 53.3 Å². The van der Waals surface area contributed by atoms with E-state index >= 15 is 0 Å². The first-order valence-electron chi connectivity index (χ1n) is 10.1. The van der Waals surface area contributed by atoms with Gasteiger partial charge in [-0.25, -0.2) is 0 Å². The molecule has 0 aliphatic carbocycles. The zero-order valence-electron chi connectivity index (χ0n) is 18.1. The Morgan fingerprint density at radius 3 is 2.53 bits per heavy atom. The van der Waals surface area contributed by atoms with Gasteiger partial charge in [0.25, 0.3) is 5.56 Å². The minimum Gasteiger partial charge on any atom is -0.494 e. The van der Waals surface area contributed by atoms with Crippen LogP contribution in [-0.2, 0) is 13.0 Å². The lowest BCUT2D eigenvalue weighted by Gasteiger charge is -2.19. The molecule has 3 aromatic rings. The molecule has 32 heavy (non-hydrogen) atoms. The number of benzene rings is 2. The van der Waals surface area contributed by atoms with Gasteiger partial charge in [-0.05, 0) is 62.1 Å². The number of carbonyl (C=O) groups excluding carboxylic acids is 1. The maximum Gasteiger partial charge on any atom is 0.271 e. The number of nitrogens with zero attached hydrogens (tertiary/aromatic N) is 2. The number of carbonyl (C=O) groups is 1. The van der Waals surface area contributed by atoms with Gasteiger partial charge in [-0.3, -0.25) is 14.2 Å². The number of pyridine rings is 1. The fourth-order valence-corrected chi connectivity index (χ4v) is 3.61. The van der Waals surface area contributed by atoms with E-state index < -0.39 is 23.3 Å². The maximum atomic E-state index is 13.2. The smallest absolute Gasteiger partial charge is 0.271 e. The lowest BCUT2D eigenvalue weighted by atomic mass is 9.99. The second-order valence-corrected chi connectivity index (χ2v) is 7.95. The van der Waals surface area contributed by atoms with Gasteiger partial charge in [-0.2, -0.15) is 5.26 Å². The van der Waals surface area contributed by atoms with Crippen molar-refractivity contribution in [2.45, 2.75) is 39.8 Å². The fraction of sp³-hybridized carbons (Fsp3) is 0.240. The summed E-state index contributed by atoms with van der Waals surface area (Å²) in [5.41, 5.74) is 1.00. The minimum absolute atomic E-state index is 0.0904. The molecule has 164 valence electrons. The van der Waals surface area contributed by atoms with E-state index in [4.69, 9.17) is 16.3 Å². The van der Waals surface area contributed by atoms with Gasteiger partial charge >= 0.3 is 0 Å². The van der Waals surface area contributed by atoms with Crippen molar-refractivity contribution in [2.24, 2.45) is 0 Å². The van der Waals surface area contributed by atoms with E-state index in [2.05, 4.69) is 0 Å². The van der Waals surface area contributed by atoms with E-state index in [9.17, 15) is 20.0 Å². The van der Waals surface area contributed by atoms with Gasteiger partial charge in [-0.1, -0.05) is 41.9 Å². The van der Waals surface area contributed by atoms with Crippen LogP contribution in [0.3, 0.4) is 0 Å². The van der Waals surface area contributed by atoms with Gasteiger partial charge < -0.3 is 9.84 Å². The van der Waals surface area contributed by atoms with Crippen LogP contribution in [0.5, 0.6) is 11.6 Å². The Morgan fingerprint density at radius 1 is 1.22 bits per heavy atom. The molecule has 0 saturated heterocycles. The van der Waals surface area contributed by atoms with Crippen molar-refractivity contribution >= 4 is 17.4 Å². The van der Waals surface area contributed by atoms with Crippen LogP contribution >= 0.6 is 11.6 Å². The zero-order valence-corrected chi connectivity index (χ0v) is 18.8. The number of ketones is 1. The van der Waals surface area contributed by atoms with Crippen molar-refractivity contribution in [1.29, 1.82) is 5.26 Å². The Morgan fingerprint density at radius 2 is 1.91 bits per heavy atom. The van der Waals surface area contributed by atoms with Crippen LogP contribution in [0, 0.1) is 25.2 Å². The summed E-state index contributed by atoms with van der Waals surface area (Å²) in [6, 6.07) is 16.3. The molecule has 3 rings (SSSR count). The van der Waals surface area contributed by atoms with Crippen molar-refractivity contribution < 1.29 is 14.6 Å². The van der Waals surface area contributed by atoms with Gasteiger partial charge in [-0.15, -0.1) is 0 Å². The average Bonchev–Trinajstić information content (AvgIpc) is 2.77. The highest BCUT2D eigenvalue weighted by atomic mass is 35.5. The molecule has 1 aromatic heterocycles. The van der Waals surface area contributed by atoms with Crippen LogP contribution < -0.4 is 10.3 Å². The number of ether oxygens (including phenoxy) is 1. The molecule has 1 atom stereocenters. The highest BCUT2D eigenvalue weighted by Gasteiger charge is 2.28. The van der Waals surface area contributed by atoms with Crippen molar-refractivity contribution in [1.82, 2.24) is 4.57 Å². The number of hydrogen-bond acceptors (Lipinski definition) is 5. The van der Waals surface area contributed by atoms with Crippen LogP contribution in [-0.4, -0.2) is 21.6 Å². The summed E-state index contributed by atoms with van der Waals surface area (Å²) in [6.45, 7) is 4.97. The van der Waals surface area contributed by atoms with Crippen molar-refractivity contribution in [2.75, 3.05) is 0 Å². The third kappa shape index (κ3) is 4.68. The van der Waals surface area contributed by atoms with E-state index in [0.29, 0.717) is 17.2 Å². The Hall–Kier alpha value is -3.56. The normalized spacial score (nSPS) is 11.6. The van der Waals surface area contributed by atoms with Crippen molar-refractivity contribution in [3.63, 3.8) is 0 Å². The van der Waals surface area contributed by atoms with Crippen LogP contribution in [0.4, 0.5) is 0 Å². The van der Waals surface area contributed by atoms with Gasteiger partial charge in [0, 0.05) is 11.6 Å². The first kappa shape index (κ1) is 23.1. The standard InChI is InChI=1S/C25H23ClN2O4/c1-15-13-19(9-10-21(15)26)32-17(3)23(29)22-16(2)20(14-27)24(30)28(25(22)31)12-11-18-7-5-4-6-8-18/h4-10,13,17,31H,11-12H2,1-3H3. The van der Waals surface area contributed by atoms with Gasteiger partial charge in [0.1, 0.15) is 17.4 Å². The molecule has 0 radical (unpaired) electrons. The Labute approximate surface area is 191 Å². The summed E-state index contributed by atoms with van der Waals surface area (Å²) in [7, 11) is 0. The van der Waals surface area contributed by atoms with E-state index in [1.807, 2.05) is 43.3 Å². The topological polar surface area (TPSA) is 92.3 Å². The molecule has 1 unspecified atom stereocenters. The van der Waals surface area contributed by atoms with Crippen LogP contribution in [0.2, 0.25) is 5.02 Å². The van der Waals surface area contributed by atoms with Crippen LogP contribution in [0.25, 0.3) is 0 Å². The second-order valence-electron chi connectivity index (χ2n) is 7.54. The summed E-state index contributed by atoms with van der Waals surface area (Å²) in [4.78, 5) is 26.0. The summed E-state index contributed by atoms with van der Waals surface area (Å²) in [5.74, 6) is -0.546. The van der Waals surface area contributed by atoms with E-state index in [-0.39, 0.29) is 23.2 Å². The maximum absolute atomic E-state index is 13.2. The number of aromatic nitrogens is 1. The molecular weight excluding hydrogens is 428 g/mol. The molecule has 6 nitrogen and oxygen atoms in total. The molecule has 7 heteroatoms. The SMILES string of the molecule is Cc1cc(OC(C)C(=O)c2c(C)c(C#N)c(=O)n(CCc3ccccc3)c2O)ccc1Cl. The Bertz CT molecular complexity index is 1260. The first-order chi connectivity index (χ1) is 15.2. The fourth-order valence-electron chi connectivity index (χ4n) is 3.49. The molecule has 0 bridgehead atoms. The minimum atomic E-state index is -0.966. The molecule has 0 saturated carbocycles. The van der Waals surface area contributed by atoms with Gasteiger partial charge in [0.15, 0.2) is 6.10 Å². The summed E-state index contributed by atoms with van der Waals surface area (Å²) < 4.78 is 6.83. The molecule has 0 aliphatic heterocycles. The highest BCUT2D eigenvalue weighted by molar-refractivity contribution is 6.31. The van der Waals surface area contributed by atoms with E-state index in [0.717, 1.165) is 15.7 Å². The number of halogens is 1. The average molecular weight is 451 g/mol. The number of Topliss-reactive ketones (excluding diaryl/α,β-unsaturated/α-hetero) is 1.